The zero-order valence-electron chi connectivity index (χ0n) is 38.5. The minimum absolute atomic E-state index is 0.831. The maximum atomic E-state index is 6.40. The number of nitrogens with zero attached hydrogens (tertiary/aromatic N) is 3. The van der Waals surface area contributed by atoms with Crippen molar-refractivity contribution < 1.29 is 9.47 Å². The predicted octanol–water partition coefficient (Wildman–Crippen LogP) is 18.6. The van der Waals surface area contributed by atoms with E-state index < -0.39 is 0 Å². The van der Waals surface area contributed by atoms with Crippen LogP contribution in [0.4, 0.5) is 34.1 Å². The molecule has 0 saturated carbocycles. The van der Waals surface area contributed by atoms with E-state index >= 15 is 0 Å². The lowest BCUT2D eigenvalue weighted by molar-refractivity contribution is 0.477. The molecular formula is C66H43N3O2. The van der Waals surface area contributed by atoms with Gasteiger partial charge in [-0.25, -0.2) is 0 Å². The molecule has 11 aromatic carbocycles. The molecule has 0 fully saturated rings. The van der Waals surface area contributed by atoms with Crippen LogP contribution in [-0.2, 0) is 0 Å². The van der Waals surface area contributed by atoms with E-state index in [1.165, 1.54) is 10.8 Å². The van der Waals surface area contributed by atoms with Crippen molar-refractivity contribution in [2.75, 3.05) is 9.80 Å². The zero-order valence-corrected chi connectivity index (χ0v) is 38.5. The van der Waals surface area contributed by atoms with Crippen LogP contribution in [0.1, 0.15) is 0 Å². The van der Waals surface area contributed by atoms with Gasteiger partial charge in [0.1, 0.15) is 0 Å². The number of hydrogen-bond donors (Lipinski definition) is 0. The molecule has 0 saturated heterocycles. The normalized spacial score (nSPS) is 12.4. The molecule has 5 nitrogen and oxygen atoms in total. The largest absolute Gasteiger partial charge is 0.453 e. The van der Waals surface area contributed by atoms with Gasteiger partial charge in [-0.05, 0) is 143 Å². The van der Waals surface area contributed by atoms with Crippen molar-refractivity contribution >= 4 is 55.9 Å². The number of fused-ring (bicyclic) bond motifs is 7. The summed E-state index contributed by atoms with van der Waals surface area (Å²) in [6.45, 7) is 0. The lowest BCUT2D eigenvalue weighted by Crippen LogP contribution is -2.15. The first-order valence-electron chi connectivity index (χ1n) is 24.1. The third kappa shape index (κ3) is 6.78. The standard InChI is InChI=1S/C66H43N3O2/c1-4-18-44(19-5-1)48-40-53(46-32-36-51(37-33-46)67-57-24-10-14-28-61(57)70-62-29-15-11-25-58(62)67)65-55(42-48)56-43-49(45-20-6-2-7-21-45)41-54(66(56)69(65)50-22-8-3-9-23-50)47-34-38-52(39-35-47)68-59-26-12-16-30-63(59)71-64-31-17-13-27-60(64)68/h1-43H. The van der Waals surface area contributed by atoms with Gasteiger partial charge in [0.15, 0.2) is 23.0 Å². The fourth-order valence-corrected chi connectivity index (χ4v) is 10.7. The molecule has 0 aliphatic carbocycles. The number of rotatable bonds is 7. The highest BCUT2D eigenvalue weighted by molar-refractivity contribution is 6.19. The van der Waals surface area contributed by atoms with Gasteiger partial charge in [-0.3, -0.25) is 0 Å². The average molecular weight is 910 g/mol. The monoisotopic (exact) mass is 909 g/mol. The molecule has 2 aliphatic heterocycles. The second-order valence-electron chi connectivity index (χ2n) is 18.1. The van der Waals surface area contributed by atoms with Gasteiger partial charge in [0.2, 0.25) is 0 Å². The average Bonchev–Trinajstić information content (AvgIpc) is 3.78. The fourth-order valence-electron chi connectivity index (χ4n) is 10.7. The van der Waals surface area contributed by atoms with Gasteiger partial charge in [-0.1, -0.05) is 152 Å². The highest BCUT2D eigenvalue weighted by atomic mass is 16.5. The number of hydrogen-bond acceptors (Lipinski definition) is 4. The van der Waals surface area contributed by atoms with E-state index in [1.54, 1.807) is 0 Å². The zero-order chi connectivity index (χ0) is 46.8. The van der Waals surface area contributed by atoms with Crippen molar-refractivity contribution in [1.29, 1.82) is 0 Å². The van der Waals surface area contributed by atoms with Crippen molar-refractivity contribution in [3.63, 3.8) is 0 Å². The summed E-state index contributed by atoms with van der Waals surface area (Å²) in [5.41, 5.74) is 18.7. The molecule has 71 heavy (non-hydrogen) atoms. The van der Waals surface area contributed by atoms with E-state index in [-0.39, 0.29) is 0 Å². The Hall–Kier alpha value is -9.58. The van der Waals surface area contributed by atoms with Crippen LogP contribution in [0.3, 0.4) is 0 Å². The molecule has 1 aromatic heterocycles. The molecular weight excluding hydrogens is 867 g/mol. The summed E-state index contributed by atoms with van der Waals surface area (Å²) in [6, 6.07) is 93.1. The Morgan fingerprint density at radius 1 is 0.239 bits per heavy atom. The van der Waals surface area contributed by atoms with Gasteiger partial charge in [0.25, 0.3) is 0 Å². The van der Waals surface area contributed by atoms with E-state index in [1.807, 2.05) is 48.5 Å². The first-order valence-corrected chi connectivity index (χ1v) is 24.1. The van der Waals surface area contributed by atoms with E-state index in [0.29, 0.717) is 0 Å². The molecule has 0 spiro atoms. The molecule has 0 bridgehead atoms. The Morgan fingerprint density at radius 3 is 0.930 bits per heavy atom. The second kappa shape index (κ2) is 16.6. The Morgan fingerprint density at radius 2 is 0.563 bits per heavy atom. The molecule has 5 heteroatoms. The lowest BCUT2D eigenvalue weighted by atomic mass is 9.93. The molecule has 3 heterocycles. The van der Waals surface area contributed by atoms with Gasteiger partial charge in [-0.15, -0.1) is 0 Å². The Labute approximate surface area is 411 Å². The summed E-state index contributed by atoms with van der Waals surface area (Å²) in [6.07, 6.45) is 0. The highest BCUT2D eigenvalue weighted by Gasteiger charge is 2.28. The van der Waals surface area contributed by atoms with E-state index in [2.05, 4.69) is 227 Å². The second-order valence-corrected chi connectivity index (χ2v) is 18.1. The number of anilines is 6. The van der Waals surface area contributed by atoms with E-state index in [0.717, 1.165) is 118 Å². The van der Waals surface area contributed by atoms with Gasteiger partial charge >= 0.3 is 0 Å². The number of para-hydroxylation sites is 9. The Bertz CT molecular complexity index is 3650. The lowest BCUT2D eigenvalue weighted by Gasteiger charge is -2.32. The Kier molecular flexibility index (Phi) is 9.46. The predicted molar refractivity (Wildman–Crippen MR) is 292 cm³/mol. The maximum absolute atomic E-state index is 6.40. The van der Waals surface area contributed by atoms with Crippen molar-refractivity contribution in [2.45, 2.75) is 0 Å². The SMILES string of the molecule is c1ccc(-c2cc(-c3ccc(N4c5ccccc5Oc5ccccc54)cc3)c3c(c2)c2cc(-c4ccccc4)cc(-c4ccc(N5c6ccccc6Oc6ccccc65)cc4)c2n3-c2ccccc2)cc1. The summed E-state index contributed by atoms with van der Waals surface area (Å²) in [4.78, 5) is 4.60. The van der Waals surface area contributed by atoms with Crippen LogP contribution < -0.4 is 19.3 Å². The van der Waals surface area contributed by atoms with E-state index in [4.69, 9.17) is 9.47 Å². The molecule has 334 valence electrons. The Balaban J connectivity index is 1.02. The summed E-state index contributed by atoms with van der Waals surface area (Å²) < 4.78 is 15.3. The molecule has 2 aliphatic rings. The minimum Gasteiger partial charge on any atom is -0.453 e. The highest BCUT2D eigenvalue weighted by Crippen LogP contribution is 2.53. The molecule has 0 atom stereocenters. The quantitative estimate of drug-likeness (QED) is 0.159. The van der Waals surface area contributed by atoms with Crippen molar-refractivity contribution in [2.24, 2.45) is 0 Å². The molecule has 0 amide bonds. The third-order valence-corrected chi connectivity index (χ3v) is 13.9. The summed E-state index contributed by atoms with van der Waals surface area (Å²) in [5.74, 6) is 3.32. The van der Waals surface area contributed by atoms with E-state index in [9.17, 15) is 0 Å². The maximum Gasteiger partial charge on any atom is 0.151 e. The fraction of sp³-hybridized carbons (Fsp3) is 0. The molecule has 12 aromatic rings. The third-order valence-electron chi connectivity index (χ3n) is 13.9. The van der Waals surface area contributed by atoms with Crippen LogP contribution in [0.15, 0.2) is 261 Å². The molecule has 0 N–H and O–H groups in total. The van der Waals surface area contributed by atoms with Crippen LogP contribution in [0, 0.1) is 0 Å². The smallest absolute Gasteiger partial charge is 0.151 e. The first-order chi connectivity index (χ1) is 35.2. The van der Waals surface area contributed by atoms with Crippen LogP contribution in [-0.4, -0.2) is 4.57 Å². The molecule has 0 radical (unpaired) electrons. The van der Waals surface area contributed by atoms with Crippen molar-refractivity contribution in [1.82, 2.24) is 4.57 Å². The number of aromatic nitrogens is 1. The van der Waals surface area contributed by atoms with Crippen molar-refractivity contribution in [3.05, 3.63) is 261 Å². The van der Waals surface area contributed by atoms with Gasteiger partial charge < -0.3 is 23.8 Å². The summed E-state index contributed by atoms with van der Waals surface area (Å²) >= 11 is 0. The summed E-state index contributed by atoms with van der Waals surface area (Å²) in [7, 11) is 0. The van der Waals surface area contributed by atoms with Crippen LogP contribution >= 0.6 is 0 Å². The molecule has 0 unspecified atom stereocenters. The van der Waals surface area contributed by atoms with Gasteiger partial charge in [0, 0.05) is 39.0 Å². The van der Waals surface area contributed by atoms with Gasteiger partial charge in [0.05, 0.1) is 33.8 Å². The number of benzene rings is 11. The van der Waals surface area contributed by atoms with Gasteiger partial charge in [-0.2, -0.15) is 0 Å². The topological polar surface area (TPSA) is 29.9 Å². The minimum atomic E-state index is 0.831. The van der Waals surface area contributed by atoms with Crippen molar-refractivity contribution in [3.8, 4) is 73.2 Å². The number of ether oxygens (including phenoxy) is 2. The van der Waals surface area contributed by atoms with Crippen LogP contribution in [0.2, 0.25) is 0 Å². The van der Waals surface area contributed by atoms with Crippen LogP contribution in [0.25, 0.3) is 72.0 Å². The van der Waals surface area contributed by atoms with Crippen LogP contribution in [0.5, 0.6) is 23.0 Å². The molecule has 14 rings (SSSR count). The first kappa shape index (κ1) is 40.5. The summed E-state index contributed by atoms with van der Waals surface area (Å²) in [5, 5.41) is 2.36.